The first kappa shape index (κ1) is 11.5. The molecule has 0 fully saturated rings. The lowest BCUT2D eigenvalue weighted by Crippen LogP contribution is -2.00. The Morgan fingerprint density at radius 1 is 1.06 bits per heavy atom. The monoisotopic (exact) mass is 323 g/mol. The van der Waals surface area contributed by atoms with Crippen LogP contribution < -0.4 is 5.32 Å². The minimum absolute atomic E-state index is 0.877. The Bertz CT molecular complexity index is 465. The molecule has 0 unspecified atom stereocenters. The summed E-state index contributed by atoms with van der Waals surface area (Å²) in [6.45, 7) is 3.01. The van der Waals surface area contributed by atoms with Crippen molar-refractivity contribution in [3.8, 4) is 0 Å². The SMILES string of the molecule is Cc1ccc(I)cc1NCc1ccccc1. The Hall–Kier alpha value is -1.03. The molecule has 0 saturated heterocycles. The third-order valence-corrected chi connectivity index (χ3v) is 3.20. The number of aryl methyl sites for hydroxylation is 1. The van der Waals surface area contributed by atoms with Crippen LogP contribution in [0.1, 0.15) is 11.1 Å². The van der Waals surface area contributed by atoms with Gasteiger partial charge in [0.2, 0.25) is 0 Å². The summed E-state index contributed by atoms with van der Waals surface area (Å²) in [6, 6.07) is 16.9. The molecule has 1 N–H and O–H groups in total. The molecule has 0 amide bonds. The lowest BCUT2D eigenvalue weighted by atomic mass is 10.2. The molecule has 0 spiro atoms. The molecule has 0 aromatic heterocycles. The van der Waals surface area contributed by atoms with E-state index in [0.717, 1.165) is 6.54 Å². The molecule has 0 aliphatic heterocycles. The van der Waals surface area contributed by atoms with Gasteiger partial charge in [0.15, 0.2) is 0 Å². The van der Waals surface area contributed by atoms with Crippen molar-refractivity contribution in [2.75, 3.05) is 5.32 Å². The maximum absolute atomic E-state index is 3.47. The largest absolute Gasteiger partial charge is 0.381 e. The topological polar surface area (TPSA) is 12.0 Å². The van der Waals surface area contributed by atoms with Gasteiger partial charge in [-0.05, 0) is 52.8 Å². The first-order chi connectivity index (χ1) is 7.75. The molecule has 0 saturated carbocycles. The van der Waals surface area contributed by atoms with Crippen LogP contribution in [0.3, 0.4) is 0 Å². The summed E-state index contributed by atoms with van der Waals surface area (Å²) in [7, 11) is 0. The van der Waals surface area contributed by atoms with Crippen LogP contribution in [0.15, 0.2) is 48.5 Å². The Labute approximate surface area is 110 Å². The van der Waals surface area contributed by atoms with Crippen molar-refractivity contribution in [2.45, 2.75) is 13.5 Å². The highest BCUT2D eigenvalue weighted by molar-refractivity contribution is 14.1. The third-order valence-electron chi connectivity index (χ3n) is 2.53. The fraction of sp³-hybridized carbons (Fsp3) is 0.143. The van der Waals surface area contributed by atoms with Gasteiger partial charge >= 0.3 is 0 Å². The Balaban J connectivity index is 2.08. The van der Waals surface area contributed by atoms with Gasteiger partial charge in [-0.3, -0.25) is 0 Å². The van der Waals surface area contributed by atoms with Crippen molar-refractivity contribution in [1.29, 1.82) is 0 Å². The quantitative estimate of drug-likeness (QED) is 0.834. The number of anilines is 1. The number of nitrogens with one attached hydrogen (secondary N) is 1. The minimum Gasteiger partial charge on any atom is -0.381 e. The molecule has 82 valence electrons. The molecule has 0 aliphatic carbocycles. The molecule has 0 radical (unpaired) electrons. The molecule has 2 rings (SSSR count). The van der Waals surface area contributed by atoms with E-state index in [2.05, 4.69) is 77.3 Å². The summed E-state index contributed by atoms with van der Waals surface area (Å²) in [4.78, 5) is 0. The second-order valence-corrected chi connectivity index (χ2v) is 5.04. The van der Waals surface area contributed by atoms with Gasteiger partial charge in [0.05, 0.1) is 0 Å². The Morgan fingerprint density at radius 2 is 1.81 bits per heavy atom. The van der Waals surface area contributed by atoms with Gasteiger partial charge in [-0.2, -0.15) is 0 Å². The molecule has 2 aromatic carbocycles. The number of benzene rings is 2. The van der Waals surface area contributed by atoms with Gasteiger partial charge in [-0.25, -0.2) is 0 Å². The predicted octanol–water partition coefficient (Wildman–Crippen LogP) is 4.21. The summed E-state index contributed by atoms with van der Waals surface area (Å²) >= 11 is 2.34. The van der Waals surface area contributed by atoms with E-state index in [-0.39, 0.29) is 0 Å². The summed E-state index contributed by atoms with van der Waals surface area (Å²) in [5.41, 5.74) is 3.81. The van der Waals surface area contributed by atoms with Crippen LogP contribution in [0.5, 0.6) is 0 Å². The zero-order chi connectivity index (χ0) is 11.4. The number of hydrogen-bond donors (Lipinski definition) is 1. The molecule has 16 heavy (non-hydrogen) atoms. The van der Waals surface area contributed by atoms with E-state index in [4.69, 9.17) is 0 Å². The fourth-order valence-electron chi connectivity index (χ4n) is 1.58. The van der Waals surface area contributed by atoms with Gasteiger partial charge < -0.3 is 5.32 Å². The number of rotatable bonds is 3. The summed E-state index contributed by atoms with van der Waals surface area (Å²) in [5.74, 6) is 0. The van der Waals surface area contributed by atoms with E-state index in [0.29, 0.717) is 0 Å². The highest BCUT2D eigenvalue weighted by atomic mass is 127. The van der Waals surface area contributed by atoms with E-state index in [9.17, 15) is 0 Å². The summed E-state index contributed by atoms with van der Waals surface area (Å²) in [6.07, 6.45) is 0. The normalized spacial score (nSPS) is 10.1. The summed E-state index contributed by atoms with van der Waals surface area (Å²) < 4.78 is 1.26. The fourth-order valence-corrected chi connectivity index (χ4v) is 2.07. The maximum Gasteiger partial charge on any atom is 0.0400 e. The minimum atomic E-state index is 0.877. The second-order valence-electron chi connectivity index (χ2n) is 3.80. The average Bonchev–Trinajstić information content (AvgIpc) is 2.32. The molecule has 0 heterocycles. The average molecular weight is 323 g/mol. The lowest BCUT2D eigenvalue weighted by Gasteiger charge is -2.10. The third kappa shape index (κ3) is 2.98. The number of halogens is 1. The van der Waals surface area contributed by atoms with E-state index in [1.54, 1.807) is 0 Å². The van der Waals surface area contributed by atoms with E-state index in [1.807, 2.05) is 6.07 Å². The van der Waals surface area contributed by atoms with Gasteiger partial charge in [0.1, 0.15) is 0 Å². The van der Waals surface area contributed by atoms with Crippen LogP contribution in [-0.2, 0) is 6.54 Å². The lowest BCUT2D eigenvalue weighted by molar-refractivity contribution is 1.14. The van der Waals surface area contributed by atoms with Crippen molar-refractivity contribution in [1.82, 2.24) is 0 Å². The molecule has 1 nitrogen and oxygen atoms in total. The Kier molecular flexibility index (Phi) is 3.83. The zero-order valence-corrected chi connectivity index (χ0v) is 11.4. The van der Waals surface area contributed by atoms with Crippen molar-refractivity contribution >= 4 is 28.3 Å². The molecular formula is C14H14IN. The molecular weight excluding hydrogens is 309 g/mol. The van der Waals surface area contributed by atoms with Crippen LogP contribution in [0.25, 0.3) is 0 Å². The van der Waals surface area contributed by atoms with E-state index >= 15 is 0 Å². The standard InChI is InChI=1S/C14H14IN/c1-11-7-8-13(15)9-14(11)16-10-12-5-3-2-4-6-12/h2-9,16H,10H2,1H3. The molecule has 2 heteroatoms. The van der Waals surface area contributed by atoms with Crippen molar-refractivity contribution in [3.63, 3.8) is 0 Å². The van der Waals surface area contributed by atoms with Gasteiger partial charge in [-0.15, -0.1) is 0 Å². The van der Waals surface area contributed by atoms with Crippen molar-refractivity contribution in [3.05, 3.63) is 63.2 Å². The predicted molar refractivity (Wildman–Crippen MR) is 77.7 cm³/mol. The molecule has 0 bridgehead atoms. The van der Waals surface area contributed by atoms with Crippen LogP contribution in [0, 0.1) is 10.5 Å². The molecule has 2 aromatic rings. The number of hydrogen-bond acceptors (Lipinski definition) is 1. The second kappa shape index (κ2) is 5.34. The zero-order valence-electron chi connectivity index (χ0n) is 9.20. The van der Waals surface area contributed by atoms with Crippen molar-refractivity contribution < 1.29 is 0 Å². The van der Waals surface area contributed by atoms with Crippen LogP contribution in [0.4, 0.5) is 5.69 Å². The molecule has 0 aliphatic rings. The smallest absolute Gasteiger partial charge is 0.0400 e. The van der Waals surface area contributed by atoms with E-state index in [1.165, 1.54) is 20.4 Å². The van der Waals surface area contributed by atoms with Crippen LogP contribution >= 0.6 is 22.6 Å². The van der Waals surface area contributed by atoms with Gasteiger partial charge in [0.25, 0.3) is 0 Å². The molecule has 0 atom stereocenters. The highest BCUT2D eigenvalue weighted by Gasteiger charge is 1.98. The van der Waals surface area contributed by atoms with Gasteiger partial charge in [0, 0.05) is 15.8 Å². The highest BCUT2D eigenvalue weighted by Crippen LogP contribution is 2.18. The van der Waals surface area contributed by atoms with E-state index < -0.39 is 0 Å². The van der Waals surface area contributed by atoms with Crippen molar-refractivity contribution in [2.24, 2.45) is 0 Å². The summed E-state index contributed by atoms with van der Waals surface area (Å²) in [5, 5.41) is 3.47. The van der Waals surface area contributed by atoms with Gasteiger partial charge in [-0.1, -0.05) is 36.4 Å². The van der Waals surface area contributed by atoms with Crippen LogP contribution in [0.2, 0.25) is 0 Å². The first-order valence-electron chi connectivity index (χ1n) is 5.29. The first-order valence-corrected chi connectivity index (χ1v) is 6.37. The van der Waals surface area contributed by atoms with Crippen LogP contribution in [-0.4, -0.2) is 0 Å². The maximum atomic E-state index is 3.47. The Morgan fingerprint density at radius 3 is 2.56 bits per heavy atom.